The summed E-state index contributed by atoms with van der Waals surface area (Å²) in [5, 5.41) is 4.68. The molecule has 0 saturated heterocycles. The van der Waals surface area contributed by atoms with Crippen molar-refractivity contribution < 1.29 is 4.79 Å². The molecule has 23 heavy (non-hydrogen) atoms. The van der Waals surface area contributed by atoms with E-state index in [1.807, 2.05) is 78.9 Å². The SMILES string of the molecule is O=C(c1ccccc1)c1cccc2c1cc(Cl)c1ccccc12. The fraction of sp³-hybridized carbons (Fsp3) is 0. The van der Waals surface area contributed by atoms with Crippen LogP contribution in [0.25, 0.3) is 21.5 Å². The molecule has 4 aromatic carbocycles. The average molecular weight is 317 g/mol. The summed E-state index contributed by atoms with van der Waals surface area (Å²) in [6.45, 7) is 0. The molecule has 0 aliphatic rings. The van der Waals surface area contributed by atoms with Crippen LogP contribution in [0, 0.1) is 0 Å². The molecule has 0 unspecified atom stereocenters. The van der Waals surface area contributed by atoms with Crippen molar-refractivity contribution in [1.29, 1.82) is 0 Å². The maximum Gasteiger partial charge on any atom is 0.193 e. The Balaban J connectivity index is 2.04. The number of halogens is 1. The van der Waals surface area contributed by atoms with Crippen molar-refractivity contribution in [3.05, 3.63) is 95.0 Å². The maximum atomic E-state index is 12.9. The average Bonchev–Trinajstić information content (AvgIpc) is 2.62. The summed E-state index contributed by atoms with van der Waals surface area (Å²) in [6.07, 6.45) is 0. The van der Waals surface area contributed by atoms with Gasteiger partial charge < -0.3 is 0 Å². The van der Waals surface area contributed by atoms with E-state index in [1.165, 1.54) is 0 Å². The summed E-state index contributed by atoms with van der Waals surface area (Å²) in [4.78, 5) is 12.9. The van der Waals surface area contributed by atoms with Gasteiger partial charge in [0.2, 0.25) is 0 Å². The largest absolute Gasteiger partial charge is 0.289 e. The summed E-state index contributed by atoms with van der Waals surface area (Å²) in [6, 6.07) is 25.1. The van der Waals surface area contributed by atoms with Crippen LogP contribution in [0.15, 0.2) is 78.9 Å². The van der Waals surface area contributed by atoms with Crippen molar-refractivity contribution >= 4 is 38.9 Å². The van der Waals surface area contributed by atoms with Crippen LogP contribution in [0.1, 0.15) is 15.9 Å². The van der Waals surface area contributed by atoms with Crippen LogP contribution in [0.5, 0.6) is 0 Å². The Bertz CT molecular complexity index is 1040. The Hall–Kier alpha value is -2.64. The van der Waals surface area contributed by atoms with Gasteiger partial charge in [0.15, 0.2) is 5.78 Å². The van der Waals surface area contributed by atoms with Crippen LogP contribution in [0.4, 0.5) is 0 Å². The van der Waals surface area contributed by atoms with Crippen molar-refractivity contribution in [3.63, 3.8) is 0 Å². The molecular weight excluding hydrogens is 304 g/mol. The van der Waals surface area contributed by atoms with Gasteiger partial charge in [0, 0.05) is 21.5 Å². The molecule has 0 aliphatic heterocycles. The molecule has 0 amide bonds. The monoisotopic (exact) mass is 316 g/mol. The number of benzene rings is 4. The number of hydrogen-bond donors (Lipinski definition) is 0. The standard InChI is InChI=1S/C21H13ClO/c22-20-13-19-16(15-9-4-5-10-17(15)20)11-6-12-18(19)21(23)14-7-2-1-3-8-14/h1-13H. The third-order valence-corrected chi connectivity index (χ3v) is 4.45. The molecule has 110 valence electrons. The fourth-order valence-electron chi connectivity index (χ4n) is 3.03. The first kappa shape index (κ1) is 14.0. The lowest BCUT2D eigenvalue weighted by molar-refractivity contribution is 0.104. The van der Waals surface area contributed by atoms with Crippen LogP contribution in [0.3, 0.4) is 0 Å². The predicted molar refractivity (Wildman–Crippen MR) is 96.3 cm³/mol. The predicted octanol–water partition coefficient (Wildman–Crippen LogP) is 5.88. The van der Waals surface area contributed by atoms with Gasteiger partial charge in [-0.25, -0.2) is 0 Å². The second kappa shape index (κ2) is 5.53. The van der Waals surface area contributed by atoms with Crippen molar-refractivity contribution in [2.45, 2.75) is 0 Å². The van der Waals surface area contributed by atoms with Gasteiger partial charge in [0.25, 0.3) is 0 Å². The molecule has 0 bridgehead atoms. The lowest BCUT2D eigenvalue weighted by Crippen LogP contribution is -2.02. The molecule has 1 nitrogen and oxygen atoms in total. The quantitative estimate of drug-likeness (QED) is 0.333. The smallest absolute Gasteiger partial charge is 0.193 e. The summed E-state index contributed by atoms with van der Waals surface area (Å²) < 4.78 is 0. The van der Waals surface area contributed by atoms with E-state index >= 15 is 0 Å². The zero-order chi connectivity index (χ0) is 15.8. The Labute approximate surface area is 139 Å². The van der Waals surface area contributed by atoms with E-state index in [2.05, 4.69) is 0 Å². The Morgan fingerprint density at radius 3 is 2.04 bits per heavy atom. The second-order valence-electron chi connectivity index (χ2n) is 5.50. The molecule has 0 atom stereocenters. The van der Waals surface area contributed by atoms with E-state index < -0.39 is 0 Å². The van der Waals surface area contributed by atoms with E-state index in [1.54, 1.807) is 0 Å². The first-order valence-corrected chi connectivity index (χ1v) is 7.83. The summed E-state index contributed by atoms with van der Waals surface area (Å²) in [5.41, 5.74) is 1.37. The minimum absolute atomic E-state index is 0.0162. The first-order valence-electron chi connectivity index (χ1n) is 7.45. The molecule has 4 rings (SSSR count). The molecule has 0 heterocycles. The van der Waals surface area contributed by atoms with Crippen molar-refractivity contribution in [1.82, 2.24) is 0 Å². The van der Waals surface area contributed by atoms with Crippen molar-refractivity contribution in [2.75, 3.05) is 0 Å². The summed E-state index contributed by atoms with van der Waals surface area (Å²) >= 11 is 6.45. The van der Waals surface area contributed by atoms with E-state index in [0.717, 1.165) is 21.5 Å². The Morgan fingerprint density at radius 2 is 1.26 bits per heavy atom. The molecule has 2 heteroatoms. The fourth-order valence-corrected chi connectivity index (χ4v) is 3.30. The van der Waals surface area contributed by atoms with Gasteiger partial charge in [0.05, 0.1) is 0 Å². The zero-order valence-corrected chi connectivity index (χ0v) is 13.0. The minimum Gasteiger partial charge on any atom is -0.289 e. The van der Waals surface area contributed by atoms with E-state index in [4.69, 9.17) is 11.6 Å². The molecule has 0 N–H and O–H groups in total. The third-order valence-electron chi connectivity index (χ3n) is 4.13. The van der Waals surface area contributed by atoms with Gasteiger partial charge in [0.1, 0.15) is 0 Å². The van der Waals surface area contributed by atoms with Crippen LogP contribution in [-0.4, -0.2) is 5.78 Å². The Kier molecular flexibility index (Phi) is 3.36. The van der Waals surface area contributed by atoms with E-state index in [9.17, 15) is 4.79 Å². The molecular formula is C21H13ClO. The molecule has 0 fully saturated rings. The summed E-state index contributed by atoms with van der Waals surface area (Å²) in [5.74, 6) is 0.0162. The molecule has 0 aliphatic carbocycles. The van der Waals surface area contributed by atoms with E-state index in [0.29, 0.717) is 16.1 Å². The van der Waals surface area contributed by atoms with Crippen LogP contribution in [-0.2, 0) is 0 Å². The summed E-state index contributed by atoms with van der Waals surface area (Å²) in [7, 11) is 0. The van der Waals surface area contributed by atoms with Gasteiger partial charge in [-0.1, -0.05) is 84.4 Å². The van der Waals surface area contributed by atoms with Crippen molar-refractivity contribution in [3.8, 4) is 0 Å². The normalized spacial score (nSPS) is 11.0. The number of carbonyl (C=O) groups excluding carboxylic acids is 1. The van der Waals surface area contributed by atoms with Gasteiger partial charge in [-0.05, 0) is 22.2 Å². The highest BCUT2D eigenvalue weighted by Gasteiger charge is 2.14. The van der Waals surface area contributed by atoms with Gasteiger partial charge in [-0.2, -0.15) is 0 Å². The molecule has 0 radical (unpaired) electrons. The molecule has 0 saturated carbocycles. The highest BCUT2D eigenvalue weighted by Crippen LogP contribution is 2.33. The number of fused-ring (bicyclic) bond motifs is 3. The maximum absolute atomic E-state index is 12.9. The molecule has 4 aromatic rings. The lowest BCUT2D eigenvalue weighted by atomic mass is 9.94. The highest BCUT2D eigenvalue weighted by molar-refractivity contribution is 6.38. The lowest BCUT2D eigenvalue weighted by Gasteiger charge is -2.10. The Morgan fingerprint density at radius 1 is 0.652 bits per heavy atom. The van der Waals surface area contributed by atoms with Gasteiger partial charge in [-0.15, -0.1) is 0 Å². The number of carbonyl (C=O) groups is 1. The van der Waals surface area contributed by atoms with Gasteiger partial charge >= 0.3 is 0 Å². The van der Waals surface area contributed by atoms with Crippen molar-refractivity contribution in [2.24, 2.45) is 0 Å². The second-order valence-corrected chi connectivity index (χ2v) is 5.91. The first-order chi connectivity index (χ1) is 11.3. The number of rotatable bonds is 2. The number of ketones is 1. The van der Waals surface area contributed by atoms with E-state index in [-0.39, 0.29) is 5.78 Å². The highest BCUT2D eigenvalue weighted by atomic mass is 35.5. The minimum atomic E-state index is 0.0162. The zero-order valence-electron chi connectivity index (χ0n) is 12.3. The van der Waals surface area contributed by atoms with Crippen LogP contribution in [0.2, 0.25) is 5.02 Å². The topological polar surface area (TPSA) is 17.1 Å². The van der Waals surface area contributed by atoms with Gasteiger partial charge in [-0.3, -0.25) is 4.79 Å². The van der Waals surface area contributed by atoms with Crippen LogP contribution >= 0.6 is 11.6 Å². The molecule has 0 spiro atoms. The molecule has 0 aromatic heterocycles. The van der Waals surface area contributed by atoms with Crippen LogP contribution < -0.4 is 0 Å². The number of hydrogen-bond acceptors (Lipinski definition) is 1. The third kappa shape index (κ3) is 2.30.